The zero-order chi connectivity index (χ0) is 26.0. The van der Waals surface area contributed by atoms with Crippen molar-refractivity contribution in [1.82, 2.24) is 9.88 Å². The molecule has 9 heteroatoms. The van der Waals surface area contributed by atoms with E-state index in [2.05, 4.69) is 9.83 Å². The zero-order valence-electron chi connectivity index (χ0n) is 20.1. The first kappa shape index (κ1) is 25.9. The van der Waals surface area contributed by atoms with E-state index in [1.54, 1.807) is 31.5 Å². The molecule has 0 aliphatic carbocycles. The molecule has 36 heavy (non-hydrogen) atoms. The second-order valence-corrected chi connectivity index (χ2v) is 10.0. The van der Waals surface area contributed by atoms with Crippen molar-refractivity contribution in [3.8, 4) is 16.9 Å². The lowest BCUT2D eigenvalue weighted by Gasteiger charge is -2.29. The highest BCUT2D eigenvalue weighted by Crippen LogP contribution is 2.39. The number of halogens is 2. The number of hydrogen-bond donors (Lipinski definition) is 0. The Labute approximate surface area is 226 Å². The average molecular weight is 539 g/mol. The summed E-state index contributed by atoms with van der Waals surface area (Å²) >= 11 is 18.5. The Balaban J connectivity index is 1.42. The number of aromatic nitrogens is 1. The van der Waals surface area contributed by atoms with Gasteiger partial charge < -0.3 is 9.64 Å². The van der Waals surface area contributed by atoms with Crippen LogP contribution in [0.2, 0.25) is 10.0 Å². The van der Waals surface area contributed by atoms with Gasteiger partial charge in [0.25, 0.3) is 5.91 Å². The highest BCUT2D eigenvalue weighted by Gasteiger charge is 2.49. The van der Waals surface area contributed by atoms with Crippen molar-refractivity contribution in [2.24, 2.45) is 0 Å². The summed E-state index contributed by atoms with van der Waals surface area (Å²) in [7, 11) is 0. The molecule has 1 aromatic heterocycles. The highest BCUT2D eigenvalue weighted by atomic mass is 35.5. The molecular formula is C27H24Cl2N4O2S. The zero-order valence-corrected chi connectivity index (χ0v) is 22.4. The first-order valence-corrected chi connectivity index (χ1v) is 12.5. The number of nitrogens with zero attached hydrogens (tertiary/aromatic N) is 4. The molecule has 2 aromatic carbocycles. The fraction of sp³-hybridized carbons (Fsp3) is 0.259. The summed E-state index contributed by atoms with van der Waals surface area (Å²) in [4.78, 5) is 24.2. The van der Waals surface area contributed by atoms with E-state index in [-0.39, 0.29) is 5.91 Å². The molecule has 2 heterocycles. The smallest absolute Gasteiger partial charge is 0.258 e. The second kappa shape index (κ2) is 10.4. The van der Waals surface area contributed by atoms with Gasteiger partial charge in [-0.15, -0.1) is 0 Å². The van der Waals surface area contributed by atoms with Crippen LogP contribution >= 0.6 is 35.4 Å². The molecule has 0 unspecified atom stereocenters. The van der Waals surface area contributed by atoms with Crippen LogP contribution in [0.3, 0.4) is 0 Å². The Hall–Kier alpha value is -3.18. The van der Waals surface area contributed by atoms with Gasteiger partial charge in [0.05, 0.1) is 28.9 Å². The van der Waals surface area contributed by atoms with Crippen molar-refractivity contribution in [2.45, 2.75) is 32.7 Å². The van der Waals surface area contributed by atoms with Gasteiger partial charge in [-0.1, -0.05) is 35.3 Å². The topological polar surface area (TPSA) is 50.0 Å². The lowest BCUT2D eigenvalue weighted by Crippen LogP contribution is -2.44. The molecule has 0 saturated carbocycles. The summed E-state index contributed by atoms with van der Waals surface area (Å²) in [6, 6.07) is 12.9. The summed E-state index contributed by atoms with van der Waals surface area (Å²) < 4.78 is 5.93. The van der Waals surface area contributed by atoms with Crippen molar-refractivity contribution in [3.63, 3.8) is 0 Å². The van der Waals surface area contributed by atoms with Gasteiger partial charge in [-0.2, -0.15) is 0 Å². The molecule has 1 aliphatic heterocycles. The number of hydrogen-bond acceptors (Lipinski definition) is 4. The predicted molar refractivity (Wildman–Crippen MR) is 148 cm³/mol. The summed E-state index contributed by atoms with van der Waals surface area (Å²) in [5.74, 6) is 0.457. The highest BCUT2D eigenvalue weighted by molar-refractivity contribution is 7.80. The van der Waals surface area contributed by atoms with E-state index in [0.29, 0.717) is 57.4 Å². The SMILES string of the molecule is [C-]#[N+]c1ccc(N2C(=O)C(C)(C)N(CCCOc3ccc(-c4ccncc4)cc3Cl)C2=S)c(C)c1Cl. The number of carbonyl (C=O) groups excluding carboxylic acids is 1. The molecular weight excluding hydrogens is 515 g/mol. The van der Waals surface area contributed by atoms with Gasteiger partial charge in [-0.3, -0.25) is 14.7 Å². The second-order valence-electron chi connectivity index (χ2n) is 8.87. The van der Waals surface area contributed by atoms with Gasteiger partial charge in [0, 0.05) is 18.9 Å². The fourth-order valence-electron chi connectivity index (χ4n) is 4.16. The molecule has 1 saturated heterocycles. The number of carbonyl (C=O) groups is 1. The van der Waals surface area contributed by atoms with Crippen LogP contribution < -0.4 is 9.64 Å². The maximum atomic E-state index is 13.4. The summed E-state index contributed by atoms with van der Waals surface area (Å²) in [6.07, 6.45) is 4.11. The number of amides is 1. The van der Waals surface area contributed by atoms with Crippen LogP contribution in [-0.4, -0.2) is 39.6 Å². The minimum atomic E-state index is -0.835. The van der Waals surface area contributed by atoms with Gasteiger partial charge in [0.1, 0.15) is 11.3 Å². The van der Waals surface area contributed by atoms with Gasteiger partial charge in [0.15, 0.2) is 5.11 Å². The molecule has 6 nitrogen and oxygen atoms in total. The molecule has 0 atom stereocenters. The van der Waals surface area contributed by atoms with E-state index >= 15 is 0 Å². The van der Waals surface area contributed by atoms with E-state index in [1.165, 1.54) is 4.90 Å². The first-order chi connectivity index (χ1) is 17.2. The van der Waals surface area contributed by atoms with Crippen molar-refractivity contribution >= 4 is 57.8 Å². The Morgan fingerprint density at radius 2 is 1.83 bits per heavy atom. The van der Waals surface area contributed by atoms with Gasteiger partial charge in [-0.25, -0.2) is 4.85 Å². The lowest BCUT2D eigenvalue weighted by atomic mass is 10.0. The minimum absolute atomic E-state index is 0.141. The monoisotopic (exact) mass is 538 g/mol. The summed E-state index contributed by atoms with van der Waals surface area (Å²) in [5.41, 5.74) is 2.76. The minimum Gasteiger partial charge on any atom is -0.492 e. The average Bonchev–Trinajstić information content (AvgIpc) is 3.03. The third-order valence-corrected chi connectivity index (χ3v) is 7.43. The molecule has 184 valence electrons. The van der Waals surface area contributed by atoms with Crippen LogP contribution in [0.1, 0.15) is 25.8 Å². The molecule has 1 fully saturated rings. The standard InChI is InChI=1S/C27H24Cl2N4O2S/c1-17-22(8-7-21(30-4)24(17)29)33-25(34)27(2,3)32(26(33)36)14-5-15-35-23-9-6-19(16-20(23)28)18-10-12-31-13-11-18/h6-13,16H,5,14-15H2,1-3H3. The van der Waals surface area contributed by atoms with Crippen molar-refractivity contribution in [1.29, 1.82) is 0 Å². The van der Waals surface area contributed by atoms with E-state index in [1.807, 2.05) is 49.1 Å². The Kier molecular flexibility index (Phi) is 7.51. The largest absolute Gasteiger partial charge is 0.492 e. The normalized spacial score (nSPS) is 14.8. The maximum Gasteiger partial charge on any atom is 0.258 e. The number of pyridine rings is 1. The third kappa shape index (κ3) is 4.77. The van der Waals surface area contributed by atoms with Crippen LogP contribution in [0, 0.1) is 13.5 Å². The number of rotatable bonds is 7. The van der Waals surface area contributed by atoms with E-state index in [9.17, 15) is 4.79 Å². The van der Waals surface area contributed by atoms with Crippen molar-refractivity contribution in [3.05, 3.63) is 81.9 Å². The molecule has 1 aliphatic rings. The van der Waals surface area contributed by atoms with Crippen LogP contribution in [0.25, 0.3) is 16.0 Å². The Bertz CT molecular complexity index is 1370. The molecule has 4 rings (SSSR count). The van der Waals surface area contributed by atoms with E-state index in [4.69, 9.17) is 46.7 Å². The van der Waals surface area contributed by atoms with Crippen LogP contribution in [0.5, 0.6) is 5.75 Å². The number of ether oxygens (including phenoxy) is 1. The van der Waals surface area contributed by atoms with Crippen LogP contribution in [0.15, 0.2) is 54.9 Å². The molecule has 0 N–H and O–H groups in total. The summed E-state index contributed by atoms with van der Waals surface area (Å²) in [5, 5.41) is 1.26. The molecule has 0 bridgehead atoms. The number of anilines is 1. The van der Waals surface area contributed by atoms with Crippen LogP contribution in [-0.2, 0) is 4.79 Å². The molecule has 0 spiro atoms. The van der Waals surface area contributed by atoms with Crippen molar-refractivity contribution in [2.75, 3.05) is 18.1 Å². The lowest BCUT2D eigenvalue weighted by molar-refractivity contribution is -0.123. The molecule has 0 radical (unpaired) electrons. The first-order valence-electron chi connectivity index (χ1n) is 11.3. The Morgan fingerprint density at radius 1 is 1.11 bits per heavy atom. The van der Waals surface area contributed by atoms with E-state index < -0.39 is 5.54 Å². The van der Waals surface area contributed by atoms with Gasteiger partial charge >= 0.3 is 0 Å². The number of benzene rings is 2. The molecule has 3 aromatic rings. The van der Waals surface area contributed by atoms with E-state index in [0.717, 1.165) is 11.1 Å². The predicted octanol–water partition coefficient (Wildman–Crippen LogP) is 7.10. The molecule has 1 amide bonds. The summed E-state index contributed by atoms with van der Waals surface area (Å²) in [6.45, 7) is 13.7. The number of thiocarbonyl (C=S) groups is 1. The third-order valence-electron chi connectivity index (χ3n) is 6.25. The van der Waals surface area contributed by atoms with Gasteiger partial charge in [0.2, 0.25) is 5.69 Å². The quantitative estimate of drug-likeness (QED) is 0.182. The van der Waals surface area contributed by atoms with Gasteiger partial charge in [-0.05, 0) is 86.4 Å². The van der Waals surface area contributed by atoms with Crippen LogP contribution in [0.4, 0.5) is 11.4 Å². The van der Waals surface area contributed by atoms with Crippen molar-refractivity contribution < 1.29 is 9.53 Å². The maximum absolute atomic E-state index is 13.4. The Morgan fingerprint density at radius 3 is 2.50 bits per heavy atom. The fourth-order valence-corrected chi connectivity index (χ4v) is 5.10.